The minimum absolute atomic E-state index is 0.121. The Bertz CT molecular complexity index is 817. The number of thiophene rings is 1. The van der Waals surface area contributed by atoms with E-state index < -0.39 is 0 Å². The summed E-state index contributed by atoms with van der Waals surface area (Å²) in [6.07, 6.45) is 4.21. The van der Waals surface area contributed by atoms with Crippen molar-refractivity contribution in [3.63, 3.8) is 0 Å². The van der Waals surface area contributed by atoms with Crippen LogP contribution in [0, 0.1) is 0 Å². The van der Waals surface area contributed by atoms with Crippen LogP contribution in [0.25, 0.3) is 11.0 Å². The Kier molecular flexibility index (Phi) is 2.96. The van der Waals surface area contributed by atoms with E-state index in [1.165, 1.54) is 16.9 Å². The normalized spacial score (nSPS) is 13.8. The Labute approximate surface area is 127 Å². The maximum Gasteiger partial charge on any atom is 0.207 e. The van der Waals surface area contributed by atoms with Crippen LogP contribution in [0.15, 0.2) is 34.7 Å². The number of carbonyl (C=O) groups excluding carboxylic acids is 1. The third-order valence-corrected chi connectivity index (χ3v) is 5.42. The van der Waals surface area contributed by atoms with Gasteiger partial charge in [-0.15, -0.1) is 11.3 Å². The van der Waals surface area contributed by atoms with Gasteiger partial charge in [0.05, 0.1) is 10.4 Å². The fourth-order valence-corrected chi connectivity index (χ4v) is 4.36. The lowest BCUT2D eigenvalue weighted by atomic mass is 10.0. The molecule has 3 aromatic rings. The minimum Gasteiger partial charge on any atom is -0.460 e. The molecule has 1 aliphatic carbocycles. The molecule has 0 amide bonds. The summed E-state index contributed by atoms with van der Waals surface area (Å²) in [5.74, 6) is 0.922. The van der Waals surface area contributed by atoms with Gasteiger partial charge in [0.15, 0.2) is 0 Å². The average molecular weight is 296 g/mol. The van der Waals surface area contributed by atoms with Crippen LogP contribution in [-0.4, -0.2) is 5.78 Å². The van der Waals surface area contributed by atoms with E-state index in [1.54, 1.807) is 11.3 Å². The Morgan fingerprint density at radius 2 is 2.14 bits per heavy atom. The molecule has 2 nitrogen and oxygen atoms in total. The molecule has 0 bridgehead atoms. The van der Waals surface area contributed by atoms with E-state index in [1.807, 2.05) is 31.2 Å². The van der Waals surface area contributed by atoms with E-state index in [2.05, 4.69) is 6.07 Å². The molecule has 1 aromatic carbocycles. The number of aryl methyl sites for hydroxylation is 3. The van der Waals surface area contributed by atoms with Crippen molar-refractivity contribution >= 4 is 28.1 Å². The van der Waals surface area contributed by atoms with Crippen molar-refractivity contribution in [2.45, 2.75) is 32.6 Å². The molecular formula is C18H16O2S. The summed E-state index contributed by atoms with van der Waals surface area (Å²) in [6.45, 7) is 2.03. The second-order valence-electron chi connectivity index (χ2n) is 5.49. The first-order valence-corrected chi connectivity index (χ1v) is 8.26. The van der Waals surface area contributed by atoms with Crippen LogP contribution in [0.1, 0.15) is 44.8 Å². The van der Waals surface area contributed by atoms with E-state index in [-0.39, 0.29) is 5.78 Å². The van der Waals surface area contributed by atoms with Crippen LogP contribution in [0.4, 0.5) is 0 Å². The molecule has 0 unspecified atom stereocenters. The number of fused-ring (bicyclic) bond motifs is 2. The molecule has 106 valence electrons. The lowest BCUT2D eigenvalue weighted by Gasteiger charge is -1.99. The number of hydrogen-bond acceptors (Lipinski definition) is 3. The van der Waals surface area contributed by atoms with Gasteiger partial charge >= 0.3 is 0 Å². The summed E-state index contributed by atoms with van der Waals surface area (Å²) in [5, 5.41) is 0.938. The maximum atomic E-state index is 13.0. The van der Waals surface area contributed by atoms with Gasteiger partial charge in [-0.1, -0.05) is 25.1 Å². The van der Waals surface area contributed by atoms with Gasteiger partial charge in [-0.25, -0.2) is 0 Å². The summed E-state index contributed by atoms with van der Waals surface area (Å²) in [5.41, 5.74) is 2.93. The quantitative estimate of drug-likeness (QED) is 0.651. The second kappa shape index (κ2) is 4.85. The average Bonchev–Trinajstić information content (AvgIpc) is 3.17. The lowest BCUT2D eigenvalue weighted by Crippen LogP contribution is -2.01. The molecule has 0 saturated heterocycles. The van der Waals surface area contributed by atoms with Crippen molar-refractivity contribution in [3.05, 3.63) is 57.0 Å². The largest absolute Gasteiger partial charge is 0.460 e. The third-order valence-electron chi connectivity index (χ3n) is 4.19. The van der Waals surface area contributed by atoms with Gasteiger partial charge in [-0.2, -0.15) is 0 Å². The maximum absolute atomic E-state index is 13.0. The first-order chi connectivity index (χ1) is 10.3. The van der Waals surface area contributed by atoms with Crippen LogP contribution in [-0.2, 0) is 19.3 Å². The fraction of sp³-hybridized carbons (Fsp3) is 0.278. The highest BCUT2D eigenvalue weighted by molar-refractivity contribution is 7.14. The van der Waals surface area contributed by atoms with Gasteiger partial charge in [0.2, 0.25) is 5.78 Å². The van der Waals surface area contributed by atoms with Crippen molar-refractivity contribution in [1.82, 2.24) is 0 Å². The molecule has 3 heteroatoms. The van der Waals surface area contributed by atoms with Gasteiger partial charge in [0, 0.05) is 16.7 Å². The SMILES string of the molecule is CCc1oc2ccccc2c1C(=O)c1cc2c(s1)CCC2. The van der Waals surface area contributed by atoms with Crippen LogP contribution in [0.3, 0.4) is 0 Å². The zero-order valence-electron chi connectivity index (χ0n) is 11.9. The molecular weight excluding hydrogens is 280 g/mol. The van der Waals surface area contributed by atoms with Crippen LogP contribution in [0.5, 0.6) is 0 Å². The van der Waals surface area contributed by atoms with E-state index in [9.17, 15) is 4.79 Å². The number of hydrogen-bond donors (Lipinski definition) is 0. The Morgan fingerprint density at radius 3 is 2.95 bits per heavy atom. The van der Waals surface area contributed by atoms with Crippen molar-refractivity contribution in [2.24, 2.45) is 0 Å². The molecule has 0 saturated carbocycles. The Morgan fingerprint density at radius 1 is 1.29 bits per heavy atom. The first kappa shape index (κ1) is 12.8. The van der Waals surface area contributed by atoms with Gasteiger partial charge in [-0.3, -0.25) is 4.79 Å². The highest BCUT2D eigenvalue weighted by Crippen LogP contribution is 2.34. The van der Waals surface area contributed by atoms with Crippen LogP contribution < -0.4 is 0 Å². The summed E-state index contributed by atoms with van der Waals surface area (Å²) in [7, 11) is 0. The number of carbonyl (C=O) groups is 1. The lowest BCUT2D eigenvalue weighted by molar-refractivity contribution is 0.104. The topological polar surface area (TPSA) is 30.2 Å². The van der Waals surface area contributed by atoms with Crippen LogP contribution >= 0.6 is 11.3 Å². The molecule has 0 fully saturated rings. The molecule has 2 aromatic heterocycles. The molecule has 0 atom stereocenters. The zero-order valence-corrected chi connectivity index (χ0v) is 12.8. The summed E-state index contributed by atoms with van der Waals surface area (Å²) < 4.78 is 5.85. The van der Waals surface area contributed by atoms with E-state index >= 15 is 0 Å². The predicted octanol–water partition coefficient (Wildman–Crippen LogP) is 4.78. The van der Waals surface area contributed by atoms with Gasteiger partial charge in [-0.05, 0) is 37.0 Å². The summed E-state index contributed by atoms with van der Waals surface area (Å²) in [4.78, 5) is 15.2. The monoisotopic (exact) mass is 296 g/mol. The standard InChI is InChI=1S/C18H16O2S/c1-2-13-17(12-7-3-4-8-14(12)20-13)18(19)16-10-11-6-5-9-15(11)21-16/h3-4,7-8,10H,2,5-6,9H2,1H3. The van der Waals surface area contributed by atoms with Crippen molar-refractivity contribution < 1.29 is 9.21 Å². The first-order valence-electron chi connectivity index (χ1n) is 7.44. The van der Waals surface area contributed by atoms with Crippen molar-refractivity contribution in [3.8, 4) is 0 Å². The Hall–Kier alpha value is -1.87. The van der Waals surface area contributed by atoms with Gasteiger partial charge in [0.1, 0.15) is 11.3 Å². The van der Waals surface area contributed by atoms with Crippen LogP contribution in [0.2, 0.25) is 0 Å². The molecule has 21 heavy (non-hydrogen) atoms. The smallest absolute Gasteiger partial charge is 0.207 e. The summed E-state index contributed by atoms with van der Waals surface area (Å²) in [6, 6.07) is 9.91. The Balaban J connectivity index is 1.86. The van der Waals surface area contributed by atoms with Gasteiger partial charge < -0.3 is 4.42 Å². The molecule has 2 heterocycles. The fourth-order valence-electron chi connectivity index (χ4n) is 3.16. The second-order valence-corrected chi connectivity index (χ2v) is 6.63. The van der Waals surface area contributed by atoms with Crippen molar-refractivity contribution in [1.29, 1.82) is 0 Å². The molecule has 0 spiro atoms. The predicted molar refractivity (Wildman–Crippen MR) is 85.4 cm³/mol. The van der Waals surface area contributed by atoms with Gasteiger partial charge in [0.25, 0.3) is 0 Å². The molecule has 0 radical (unpaired) electrons. The van der Waals surface area contributed by atoms with E-state index in [4.69, 9.17) is 4.42 Å². The molecule has 4 rings (SSSR count). The molecule has 0 N–H and O–H groups in total. The molecule has 0 aliphatic heterocycles. The number of para-hydroxylation sites is 1. The highest BCUT2D eigenvalue weighted by Gasteiger charge is 2.24. The minimum atomic E-state index is 0.121. The van der Waals surface area contributed by atoms with E-state index in [0.717, 1.165) is 46.4 Å². The third kappa shape index (κ3) is 1.95. The highest BCUT2D eigenvalue weighted by atomic mass is 32.1. The van der Waals surface area contributed by atoms with Crippen molar-refractivity contribution in [2.75, 3.05) is 0 Å². The molecule has 1 aliphatic rings. The number of ketones is 1. The number of benzene rings is 1. The zero-order chi connectivity index (χ0) is 14.4. The summed E-state index contributed by atoms with van der Waals surface area (Å²) >= 11 is 1.66. The number of rotatable bonds is 3. The van der Waals surface area contributed by atoms with E-state index in [0.29, 0.717) is 0 Å². The number of furan rings is 1.